The van der Waals surface area contributed by atoms with Crippen LogP contribution in [0.25, 0.3) is 0 Å². The summed E-state index contributed by atoms with van der Waals surface area (Å²) in [4.78, 5) is 14.3. The lowest BCUT2D eigenvalue weighted by molar-refractivity contribution is -0.151. The van der Waals surface area contributed by atoms with Crippen molar-refractivity contribution in [3.63, 3.8) is 0 Å². The molecular weight excluding hydrogens is 218 g/mol. The minimum absolute atomic E-state index is 0.104. The van der Waals surface area contributed by atoms with Crippen LogP contribution in [-0.4, -0.2) is 46.8 Å². The third-order valence-corrected chi connectivity index (χ3v) is 4.02. The van der Waals surface area contributed by atoms with Crippen molar-refractivity contribution in [2.75, 3.05) is 19.7 Å². The van der Waals surface area contributed by atoms with Crippen LogP contribution in [0.4, 0.5) is 0 Å². The van der Waals surface area contributed by atoms with Crippen molar-refractivity contribution in [3.8, 4) is 0 Å². The van der Waals surface area contributed by atoms with Gasteiger partial charge in [0.25, 0.3) is 5.91 Å². The first-order valence-corrected chi connectivity index (χ1v) is 6.59. The highest BCUT2D eigenvalue weighted by Crippen LogP contribution is 2.29. The number of carbonyl (C=O) groups excluding carboxylic acids is 1. The fourth-order valence-electron chi connectivity index (χ4n) is 2.75. The van der Waals surface area contributed by atoms with E-state index in [4.69, 9.17) is 4.74 Å². The Kier molecular flexibility index (Phi) is 3.46. The van der Waals surface area contributed by atoms with E-state index in [0.717, 1.165) is 32.2 Å². The molecule has 0 bridgehead atoms. The first-order valence-electron chi connectivity index (χ1n) is 6.59. The van der Waals surface area contributed by atoms with Crippen LogP contribution in [0.1, 0.15) is 46.0 Å². The zero-order valence-electron chi connectivity index (χ0n) is 10.9. The summed E-state index contributed by atoms with van der Waals surface area (Å²) in [5, 5.41) is 10.0. The van der Waals surface area contributed by atoms with Gasteiger partial charge in [-0.15, -0.1) is 0 Å². The quantitative estimate of drug-likeness (QED) is 0.753. The van der Waals surface area contributed by atoms with E-state index in [1.807, 2.05) is 18.7 Å². The topological polar surface area (TPSA) is 49.8 Å². The largest absolute Gasteiger partial charge is 0.390 e. The summed E-state index contributed by atoms with van der Waals surface area (Å²) in [7, 11) is 0. The Morgan fingerprint density at radius 2 is 1.94 bits per heavy atom. The fourth-order valence-corrected chi connectivity index (χ4v) is 2.75. The fraction of sp³-hybridized carbons (Fsp3) is 0.923. The average molecular weight is 241 g/mol. The predicted molar refractivity (Wildman–Crippen MR) is 64.6 cm³/mol. The summed E-state index contributed by atoms with van der Waals surface area (Å²) in [5.74, 6) is 0.104. The highest BCUT2D eigenvalue weighted by atomic mass is 16.5. The van der Waals surface area contributed by atoms with Crippen LogP contribution in [0.2, 0.25) is 0 Å². The minimum Gasteiger partial charge on any atom is -0.390 e. The number of ether oxygens (including phenoxy) is 1. The normalized spacial score (nSPS) is 39.1. The van der Waals surface area contributed by atoms with Crippen molar-refractivity contribution >= 4 is 5.91 Å². The van der Waals surface area contributed by atoms with Gasteiger partial charge in [-0.1, -0.05) is 0 Å². The maximum atomic E-state index is 12.4. The number of amides is 1. The molecule has 2 unspecified atom stereocenters. The third kappa shape index (κ3) is 2.80. The summed E-state index contributed by atoms with van der Waals surface area (Å²) < 4.78 is 5.59. The van der Waals surface area contributed by atoms with Gasteiger partial charge >= 0.3 is 0 Å². The van der Waals surface area contributed by atoms with E-state index in [-0.39, 0.29) is 5.91 Å². The highest BCUT2D eigenvalue weighted by molar-refractivity contribution is 5.85. The second kappa shape index (κ2) is 4.58. The Bertz CT molecular complexity index is 295. The van der Waals surface area contributed by atoms with Crippen molar-refractivity contribution in [1.29, 1.82) is 0 Å². The molecule has 0 radical (unpaired) electrons. The summed E-state index contributed by atoms with van der Waals surface area (Å²) in [6.07, 6.45) is 4.09. The standard InChI is InChI=1S/C13H23NO3/c1-12(16)5-3-8-14(9-7-12)11(15)13(2)6-4-10-17-13/h16H,3-10H2,1-2H3. The van der Waals surface area contributed by atoms with Gasteiger partial charge in [0.15, 0.2) is 0 Å². The van der Waals surface area contributed by atoms with Gasteiger partial charge in [-0.3, -0.25) is 4.79 Å². The van der Waals surface area contributed by atoms with Gasteiger partial charge in [0, 0.05) is 19.7 Å². The van der Waals surface area contributed by atoms with E-state index in [1.165, 1.54) is 0 Å². The first kappa shape index (κ1) is 12.8. The van der Waals surface area contributed by atoms with Crippen molar-refractivity contribution in [1.82, 2.24) is 4.90 Å². The molecule has 4 nitrogen and oxygen atoms in total. The summed E-state index contributed by atoms with van der Waals surface area (Å²) in [6, 6.07) is 0. The number of hydrogen-bond acceptors (Lipinski definition) is 3. The molecule has 4 heteroatoms. The molecule has 2 heterocycles. The maximum Gasteiger partial charge on any atom is 0.254 e. The van der Waals surface area contributed by atoms with Crippen molar-refractivity contribution in [2.45, 2.75) is 57.2 Å². The van der Waals surface area contributed by atoms with Gasteiger partial charge in [0.2, 0.25) is 0 Å². The molecule has 98 valence electrons. The molecule has 0 aromatic heterocycles. The molecule has 1 N–H and O–H groups in total. The zero-order valence-corrected chi connectivity index (χ0v) is 10.9. The number of likely N-dealkylation sites (tertiary alicyclic amines) is 1. The number of nitrogens with zero attached hydrogens (tertiary/aromatic N) is 1. The molecule has 0 spiro atoms. The Balaban J connectivity index is 2.00. The first-order chi connectivity index (χ1) is 7.93. The van der Waals surface area contributed by atoms with E-state index in [1.54, 1.807) is 0 Å². The predicted octanol–water partition coefficient (Wildman–Crippen LogP) is 1.32. The lowest BCUT2D eigenvalue weighted by atomic mass is 9.98. The van der Waals surface area contributed by atoms with Crippen molar-refractivity contribution in [3.05, 3.63) is 0 Å². The summed E-state index contributed by atoms with van der Waals surface area (Å²) in [5.41, 5.74) is -1.23. The van der Waals surface area contributed by atoms with Crippen molar-refractivity contribution < 1.29 is 14.6 Å². The van der Waals surface area contributed by atoms with Crippen LogP contribution >= 0.6 is 0 Å². The van der Waals surface area contributed by atoms with Gasteiger partial charge in [-0.05, 0) is 46.0 Å². The maximum absolute atomic E-state index is 12.4. The average Bonchev–Trinajstić information content (AvgIpc) is 2.62. The lowest BCUT2D eigenvalue weighted by Gasteiger charge is -2.30. The molecule has 2 aliphatic heterocycles. The Labute approximate surface area is 103 Å². The second-order valence-corrected chi connectivity index (χ2v) is 5.83. The third-order valence-electron chi connectivity index (χ3n) is 4.02. The molecule has 17 heavy (non-hydrogen) atoms. The van der Waals surface area contributed by atoms with Crippen LogP contribution in [0.3, 0.4) is 0 Å². The zero-order chi connectivity index (χ0) is 12.5. The molecule has 1 amide bonds. The lowest BCUT2D eigenvalue weighted by Crippen LogP contribution is -2.47. The molecule has 2 fully saturated rings. The number of carbonyl (C=O) groups is 1. The van der Waals surface area contributed by atoms with Gasteiger partial charge in [0.1, 0.15) is 5.60 Å². The summed E-state index contributed by atoms with van der Waals surface area (Å²) in [6.45, 7) is 5.83. The monoisotopic (exact) mass is 241 g/mol. The SMILES string of the molecule is CC1(O)CCCN(C(=O)C2(C)CCCO2)CC1. The number of aliphatic hydroxyl groups is 1. The molecule has 2 rings (SSSR count). The van der Waals surface area contributed by atoms with E-state index >= 15 is 0 Å². The van der Waals surface area contributed by atoms with Crippen LogP contribution in [0, 0.1) is 0 Å². The van der Waals surface area contributed by atoms with Gasteiger partial charge in [-0.2, -0.15) is 0 Å². The minimum atomic E-state index is -0.619. The van der Waals surface area contributed by atoms with Crippen molar-refractivity contribution in [2.24, 2.45) is 0 Å². The molecule has 2 saturated heterocycles. The molecule has 0 aliphatic carbocycles. The van der Waals surface area contributed by atoms with E-state index in [0.29, 0.717) is 19.6 Å². The van der Waals surface area contributed by atoms with Gasteiger partial charge in [0.05, 0.1) is 5.60 Å². The van der Waals surface area contributed by atoms with E-state index in [2.05, 4.69) is 0 Å². The summed E-state index contributed by atoms with van der Waals surface area (Å²) >= 11 is 0. The van der Waals surface area contributed by atoms with Crippen LogP contribution in [0.15, 0.2) is 0 Å². The van der Waals surface area contributed by atoms with E-state index in [9.17, 15) is 9.90 Å². The number of hydrogen-bond donors (Lipinski definition) is 1. The molecular formula is C13H23NO3. The molecule has 0 saturated carbocycles. The van der Waals surface area contributed by atoms with Crippen LogP contribution < -0.4 is 0 Å². The van der Waals surface area contributed by atoms with Gasteiger partial charge < -0.3 is 14.7 Å². The molecule has 0 aromatic rings. The van der Waals surface area contributed by atoms with Crippen LogP contribution in [-0.2, 0) is 9.53 Å². The second-order valence-electron chi connectivity index (χ2n) is 5.83. The Hall–Kier alpha value is -0.610. The van der Waals surface area contributed by atoms with Crippen LogP contribution in [0.5, 0.6) is 0 Å². The highest BCUT2D eigenvalue weighted by Gasteiger charge is 2.41. The number of rotatable bonds is 1. The van der Waals surface area contributed by atoms with E-state index < -0.39 is 11.2 Å². The molecule has 2 aliphatic rings. The molecule has 0 aromatic carbocycles. The Morgan fingerprint density at radius 1 is 1.18 bits per heavy atom. The molecule has 2 atom stereocenters. The smallest absolute Gasteiger partial charge is 0.254 e. The Morgan fingerprint density at radius 3 is 2.59 bits per heavy atom. The van der Waals surface area contributed by atoms with Gasteiger partial charge in [-0.25, -0.2) is 0 Å².